The third-order valence-corrected chi connectivity index (χ3v) is 9.74. The summed E-state index contributed by atoms with van der Waals surface area (Å²) in [5.74, 6) is 0.135. The highest BCUT2D eigenvalue weighted by Gasteiger charge is 2.44. The molecule has 1 heterocycles. The lowest BCUT2D eigenvalue weighted by Crippen LogP contribution is -2.18. The summed E-state index contributed by atoms with van der Waals surface area (Å²) in [5.41, 5.74) is 6.63. The normalized spacial score (nSPS) is 15.0. The summed E-state index contributed by atoms with van der Waals surface area (Å²) in [7, 11) is 0. The predicted octanol–water partition coefficient (Wildman–Crippen LogP) is 8.81. The molecule has 0 radical (unpaired) electrons. The molecule has 1 aliphatic rings. The van der Waals surface area contributed by atoms with Gasteiger partial charge in [-0.3, -0.25) is 9.78 Å². The van der Waals surface area contributed by atoms with Gasteiger partial charge in [-0.05, 0) is 84.9 Å². The van der Waals surface area contributed by atoms with Gasteiger partial charge >= 0.3 is 5.97 Å². The summed E-state index contributed by atoms with van der Waals surface area (Å²) < 4.78 is 0. The summed E-state index contributed by atoms with van der Waals surface area (Å²) in [6, 6.07) is 31.1. The van der Waals surface area contributed by atoms with Crippen molar-refractivity contribution in [3.05, 3.63) is 125 Å². The molecule has 0 spiro atoms. The second-order valence-electron chi connectivity index (χ2n) is 12.0. The third-order valence-electron chi connectivity index (χ3n) is 8.05. The highest BCUT2D eigenvalue weighted by Crippen LogP contribution is 2.53. The van der Waals surface area contributed by atoms with Crippen LogP contribution < -0.4 is 0 Å². The average molecular weight is 578 g/mol. The number of hydrogen-bond donors (Lipinski definition) is 2. The molecule has 1 fully saturated rings. The van der Waals surface area contributed by atoms with E-state index in [2.05, 4.69) is 59.6 Å². The number of thioether (sulfide) groups is 1. The van der Waals surface area contributed by atoms with Crippen molar-refractivity contribution in [1.29, 1.82) is 0 Å². The fourth-order valence-electron chi connectivity index (χ4n) is 5.46. The molecule has 0 aliphatic heterocycles. The minimum Gasteiger partial charge on any atom is -0.481 e. The van der Waals surface area contributed by atoms with Crippen LogP contribution in [-0.2, 0) is 16.8 Å². The van der Waals surface area contributed by atoms with E-state index in [0.717, 1.165) is 64.9 Å². The molecule has 0 unspecified atom stereocenters. The van der Waals surface area contributed by atoms with Crippen molar-refractivity contribution in [3.63, 3.8) is 0 Å². The standard InChI is InChI=1S/C37H39NO3S/c1-36(2,41)33-14-7-6-12-29(33)17-20-34(42-26-37(21-22-37)24-35(39)40)30-13-8-9-27(23-30)15-18-32-19-16-31(25-38-32)28-10-4-3-5-11-28/h3-16,18-19,23,25,34,41H,17,20-22,24,26H2,1-2H3,(H,39,40)/b18-15+/t34-/m1/s1. The van der Waals surface area contributed by atoms with E-state index >= 15 is 0 Å². The lowest BCUT2D eigenvalue weighted by atomic mass is 9.90. The van der Waals surface area contributed by atoms with Crippen LogP contribution in [0.15, 0.2) is 97.2 Å². The highest BCUT2D eigenvalue weighted by molar-refractivity contribution is 7.99. The lowest BCUT2D eigenvalue weighted by Gasteiger charge is -2.24. The Morgan fingerprint density at radius 2 is 1.71 bits per heavy atom. The zero-order valence-corrected chi connectivity index (χ0v) is 25.2. The molecule has 3 aromatic carbocycles. The van der Waals surface area contributed by atoms with Crippen LogP contribution in [0.2, 0.25) is 0 Å². The predicted molar refractivity (Wildman–Crippen MR) is 174 cm³/mol. The maximum Gasteiger partial charge on any atom is 0.303 e. The molecule has 4 aromatic rings. The van der Waals surface area contributed by atoms with Gasteiger partial charge in [-0.25, -0.2) is 0 Å². The molecule has 42 heavy (non-hydrogen) atoms. The first-order chi connectivity index (χ1) is 20.2. The average Bonchev–Trinajstić information content (AvgIpc) is 3.75. The quantitative estimate of drug-likeness (QED) is 0.166. The molecule has 4 nitrogen and oxygen atoms in total. The van der Waals surface area contributed by atoms with Gasteiger partial charge in [0.15, 0.2) is 0 Å². The van der Waals surface area contributed by atoms with Gasteiger partial charge < -0.3 is 10.2 Å². The second-order valence-corrected chi connectivity index (χ2v) is 13.2. The zero-order valence-electron chi connectivity index (χ0n) is 24.4. The fraction of sp³-hybridized carbons (Fsp3) is 0.297. The molecule has 2 N–H and O–H groups in total. The number of carboxylic acid groups (broad SMARTS) is 1. The van der Waals surface area contributed by atoms with E-state index in [4.69, 9.17) is 0 Å². The summed E-state index contributed by atoms with van der Waals surface area (Å²) in [6.07, 6.45) is 10.0. The first-order valence-corrected chi connectivity index (χ1v) is 15.7. The van der Waals surface area contributed by atoms with Crippen molar-refractivity contribution in [2.45, 2.75) is 56.8 Å². The maximum atomic E-state index is 11.5. The summed E-state index contributed by atoms with van der Waals surface area (Å²) in [4.78, 5) is 16.1. The number of aryl methyl sites for hydroxylation is 1. The molecule has 1 aromatic heterocycles. The van der Waals surface area contributed by atoms with Crippen molar-refractivity contribution in [1.82, 2.24) is 4.98 Å². The molecule has 216 valence electrons. The van der Waals surface area contributed by atoms with E-state index in [1.807, 2.05) is 80.3 Å². The van der Waals surface area contributed by atoms with Crippen LogP contribution in [0.4, 0.5) is 0 Å². The number of rotatable bonds is 13. The molecular weight excluding hydrogens is 538 g/mol. The van der Waals surface area contributed by atoms with Crippen LogP contribution in [-0.4, -0.2) is 26.9 Å². The van der Waals surface area contributed by atoms with E-state index in [1.54, 1.807) is 0 Å². The van der Waals surface area contributed by atoms with E-state index in [9.17, 15) is 15.0 Å². The lowest BCUT2D eigenvalue weighted by molar-refractivity contribution is -0.138. The monoisotopic (exact) mass is 577 g/mol. The Bertz CT molecular complexity index is 1520. The van der Waals surface area contributed by atoms with Gasteiger partial charge in [0.05, 0.1) is 17.7 Å². The smallest absolute Gasteiger partial charge is 0.303 e. The number of carboxylic acids is 1. The Labute approximate surface area is 253 Å². The number of hydrogen-bond acceptors (Lipinski definition) is 4. The molecule has 5 heteroatoms. The highest BCUT2D eigenvalue weighted by atomic mass is 32.2. The van der Waals surface area contributed by atoms with Crippen LogP contribution in [0.5, 0.6) is 0 Å². The fourth-order valence-corrected chi connectivity index (χ4v) is 7.03. The Morgan fingerprint density at radius 1 is 0.952 bits per heavy atom. The van der Waals surface area contributed by atoms with Gasteiger partial charge in [-0.2, -0.15) is 11.8 Å². The molecule has 1 saturated carbocycles. The van der Waals surface area contributed by atoms with Crippen LogP contribution >= 0.6 is 11.8 Å². The van der Waals surface area contributed by atoms with Gasteiger partial charge in [0.2, 0.25) is 0 Å². The topological polar surface area (TPSA) is 70.4 Å². The number of benzene rings is 3. The molecule has 5 rings (SSSR count). The largest absolute Gasteiger partial charge is 0.481 e. The first kappa shape index (κ1) is 29.8. The number of aromatic nitrogens is 1. The Hall–Kier alpha value is -3.67. The van der Waals surface area contributed by atoms with Crippen molar-refractivity contribution in [2.24, 2.45) is 5.41 Å². The number of pyridine rings is 1. The van der Waals surface area contributed by atoms with Crippen molar-refractivity contribution in [3.8, 4) is 11.1 Å². The SMILES string of the molecule is CC(C)(O)c1ccccc1CC[C@@H](SCC1(CC(=O)O)CC1)c1cccc(/C=C/c2ccc(-c3ccccc3)cn2)c1. The molecule has 0 saturated heterocycles. The van der Waals surface area contributed by atoms with Crippen LogP contribution in [0.25, 0.3) is 23.3 Å². The number of aliphatic carboxylic acids is 1. The molecular formula is C37H39NO3S. The van der Waals surface area contributed by atoms with Crippen molar-refractivity contribution < 1.29 is 15.0 Å². The van der Waals surface area contributed by atoms with Crippen LogP contribution in [0, 0.1) is 5.41 Å². The number of carbonyl (C=O) groups is 1. The van der Waals surface area contributed by atoms with E-state index in [-0.39, 0.29) is 17.1 Å². The summed E-state index contributed by atoms with van der Waals surface area (Å²) in [6.45, 7) is 3.67. The summed E-state index contributed by atoms with van der Waals surface area (Å²) >= 11 is 1.88. The van der Waals surface area contributed by atoms with E-state index < -0.39 is 11.6 Å². The van der Waals surface area contributed by atoms with Crippen LogP contribution in [0.1, 0.15) is 72.7 Å². The van der Waals surface area contributed by atoms with Crippen molar-refractivity contribution in [2.75, 3.05) is 5.75 Å². The molecule has 0 bridgehead atoms. The Kier molecular flexibility index (Phi) is 9.30. The molecule has 1 atom stereocenters. The van der Waals surface area contributed by atoms with Crippen LogP contribution in [0.3, 0.4) is 0 Å². The number of aliphatic hydroxyl groups is 1. The van der Waals surface area contributed by atoms with E-state index in [1.165, 1.54) is 5.56 Å². The Balaban J connectivity index is 1.33. The van der Waals surface area contributed by atoms with Gasteiger partial charge in [0.25, 0.3) is 0 Å². The third kappa shape index (κ3) is 7.99. The second kappa shape index (κ2) is 13.1. The van der Waals surface area contributed by atoms with Crippen molar-refractivity contribution >= 4 is 29.9 Å². The minimum atomic E-state index is -0.906. The molecule has 1 aliphatic carbocycles. The molecule has 0 amide bonds. The minimum absolute atomic E-state index is 0.0746. The Morgan fingerprint density at radius 3 is 2.40 bits per heavy atom. The van der Waals surface area contributed by atoms with Gasteiger partial charge in [0.1, 0.15) is 0 Å². The van der Waals surface area contributed by atoms with Gasteiger partial charge in [-0.15, -0.1) is 0 Å². The summed E-state index contributed by atoms with van der Waals surface area (Å²) in [5, 5.41) is 20.4. The van der Waals surface area contributed by atoms with Gasteiger partial charge in [-0.1, -0.05) is 91.0 Å². The number of nitrogens with zero attached hydrogens (tertiary/aromatic N) is 1. The van der Waals surface area contributed by atoms with E-state index in [0.29, 0.717) is 0 Å². The zero-order chi connectivity index (χ0) is 29.6. The maximum absolute atomic E-state index is 11.5. The van der Waals surface area contributed by atoms with Gasteiger partial charge in [0, 0.05) is 22.8 Å². The first-order valence-electron chi connectivity index (χ1n) is 14.6.